The van der Waals surface area contributed by atoms with Gasteiger partial charge in [0.05, 0.1) is 29.8 Å². The zero-order chi connectivity index (χ0) is 24.8. The number of pyridine rings is 1. The predicted octanol–water partition coefficient (Wildman–Crippen LogP) is 4.15. The molecular weight excluding hydrogens is 454 g/mol. The maximum absolute atomic E-state index is 14.9. The standard InChI is InChI=1S/C26H24F2N4O3/c1-35-24-6-3-12-29-22(24)14-18(11-13-33)30-26(34)19-4-2-5-20(28)25(19)23-15-21(31-32-23)16-7-9-17(27)10-8-16/h2-10,12,15,18,33H,11,13-14H2,1H3,(H,30,34)(H,31,32)/t18-/m0/s1. The fraction of sp³-hybridized carbons (Fsp3) is 0.192. The van der Waals surface area contributed by atoms with Crippen LogP contribution in [0.3, 0.4) is 0 Å². The minimum atomic E-state index is -0.600. The van der Waals surface area contributed by atoms with E-state index in [-0.39, 0.29) is 30.0 Å². The number of benzene rings is 2. The summed E-state index contributed by atoms with van der Waals surface area (Å²) >= 11 is 0. The Hall–Kier alpha value is -4.11. The summed E-state index contributed by atoms with van der Waals surface area (Å²) in [5.41, 5.74) is 2.22. The van der Waals surface area contributed by atoms with Crippen LogP contribution in [0.5, 0.6) is 5.75 Å². The summed E-state index contributed by atoms with van der Waals surface area (Å²) in [7, 11) is 1.53. The number of nitrogens with one attached hydrogen (secondary N) is 2. The molecule has 2 aromatic carbocycles. The molecule has 0 aliphatic rings. The van der Waals surface area contributed by atoms with Crippen molar-refractivity contribution in [1.82, 2.24) is 20.5 Å². The van der Waals surface area contributed by atoms with E-state index >= 15 is 0 Å². The Morgan fingerprint density at radius 3 is 2.69 bits per heavy atom. The van der Waals surface area contributed by atoms with Crippen LogP contribution in [0.15, 0.2) is 66.9 Å². The van der Waals surface area contributed by atoms with Crippen molar-refractivity contribution in [2.24, 2.45) is 0 Å². The SMILES string of the molecule is COc1cccnc1C[C@H](CCO)NC(=O)c1cccc(F)c1-c1cc(-c2ccc(F)cc2)n[nH]1. The molecule has 4 aromatic rings. The lowest BCUT2D eigenvalue weighted by Crippen LogP contribution is -2.37. The van der Waals surface area contributed by atoms with Gasteiger partial charge in [-0.1, -0.05) is 6.07 Å². The molecular formula is C26H24F2N4O3. The normalized spacial score (nSPS) is 11.8. The molecule has 0 radical (unpaired) electrons. The van der Waals surface area contributed by atoms with E-state index in [0.717, 1.165) is 0 Å². The summed E-state index contributed by atoms with van der Waals surface area (Å²) in [6.45, 7) is -0.155. The quantitative estimate of drug-likeness (QED) is 0.336. The summed E-state index contributed by atoms with van der Waals surface area (Å²) in [6.07, 6.45) is 2.21. The molecule has 0 aliphatic heterocycles. The number of amides is 1. The van der Waals surface area contributed by atoms with Crippen LogP contribution < -0.4 is 10.1 Å². The Kier molecular flexibility index (Phi) is 7.47. The maximum Gasteiger partial charge on any atom is 0.252 e. The van der Waals surface area contributed by atoms with Crippen LogP contribution in [0.25, 0.3) is 22.5 Å². The molecule has 0 bridgehead atoms. The third-order valence-electron chi connectivity index (χ3n) is 5.57. The number of carbonyl (C=O) groups is 1. The number of hydrogen-bond acceptors (Lipinski definition) is 5. The highest BCUT2D eigenvalue weighted by Crippen LogP contribution is 2.29. The van der Waals surface area contributed by atoms with Crippen LogP contribution >= 0.6 is 0 Å². The van der Waals surface area contributed by atoms with Gasteiger partial charge in [0.2, 0.25) is 0 Å². The van der Waals surface area contributed by atoms with Gasteiger partial charge in [0.15, 0.2) is 0 Å². The lowest BCUT2D eigenvalue weighted by molar-refractivity contribution is 0.0930. The number of rotatable bonds is 9. The number of hydrogen-bond donors (Lipinski definition) is 3. The molecule has 35 heavy (non-hydrogen) atoms. The van der Waals surface area contributed by atoms with Crippen molar-refractivity contribution in [3.8, 4) is 28.3 Å². The number of aliphatic hydroxyl groups is 1. The predicted molar refractivity (Wildman–Crippen MR) is 127 cm³/mol. The van der Waals surface area contributed by atoms with E-state index in [2.05, 4.69) is 20.5 Å². The summed E-state index contributed by atoms with van der Waals surface area (Å²) in [5.74, 6) is -0.914. The van der Waals surface area contributed by atoms with Crippen molar-refractivity contribution in [1.29, 1.82) is 0 Å². The van der Waals surface area contributed by atoms with Gasteiger partial charge in [-0.05, 0) is 61.0 Å². The number of aromatic amines is 1. The highest BCUT2D eigenvalue weighted by atomic mass is 19.1. The first kappa shape index (κ1) is 24.0. The molecule has 2 heterocycles. The Balaban J connectivity index is 1.61. The van der Waals surface area contributed by atoms with Crippen LogP contribution in [-0.4, -0.2) is 46.0 Å². The molecule has 3 N–H and O–H groups in total. The fourth-order valence-corrected chi connectivity index (χ4v) is 3.85. The highest BCUT2D eigenvalue weighted by molar-refractivity contribution is 6.01. The summed E-state index contributed by atoms with van der Waals surface area (Å²) in [4.78, 5) is 17.6. The van der Waals surface area contributed by atoms with Crippen molar-refractivity contribution in [2.75, 3.05) is 13.7 Å². The lowest BCUT2D eigenvalue weighted by atomic mass is 10.0. The number of ether oxygens (including phenoxy) is 1. The zero-order valence-electron chi connectivity index (χ0n) is 19.0. The second-order valence-corrected chi connectivity index (χ2v) is 7.88. The molecule has 0 fully saturated rings. The molecule has 180 valence electrons. The third-order valence-corrected chi connectivity index (χ3v) is 5.57. The molecule has 1 amide bonds. The van der Waals surface area contributed by atoms with E-state index < -0.39 is 17.8 Å². The number of H-pyrrole nitrogens is 1. The monoisotopic (exact) mass is 478 g/mol. The first-order valence-corrected chi connectivity index (χ1v) is 11.0. The number of aromatic nitrogens is 3. The Morgan fingerprint density at radius 1 is 1.14 bits per heavy atom. The van der Waals surface area contributed by atoms with Crippen LogP contribution in [0, 0.1) is 11.6 Å². The molecule has 7 nitrogen and oxygen atoms in total. The molecule has 4 rings (SSSR count). The average molecular weight is 478 g/mol. The third kappa shape index (κ3) is 5.52. The van der Waals surface area contributed by atoms with Crippen molar-refractivity contribution in [3.63, 3.8) is 0 Å². The van der Waals surface area contributed by atoms with Crippen LogP contribution in [-0.2, 0) is 6.42 Å². The molecule has 0 saturated carbocycles. The minimum Gasteiger partial charge on any atom is -0.495 e. The summed E-state index contributed by atoms with van der Waals surface area (Å²) < 4.78 is 33.5. The topological polar surface area (TPSA) is 100 Å². The fourth-order valence-electron chi connectivity index (χ4n) is 3.85. The van der Waals surface area contributed by atoms with Gasteiger partial charge >= 0.3 is 0 Å². The van der Waals surface area contributed by atoms with Gasteiger partial charge in [0.1, 0.15) is 17.4 Å². The molecule has 0 spiro atoms. The summed E-state index contributed by atoms with van der Waals surface area (Å²) in [6, 6.07) is 14.6. The van der Waals surface area contributed by atoms with Gasteiger partial charge in [-0.25, -0.2) is 8.78 Å². The van der Waals surface area contributed by atoms with E-state index in [0.29, 0.717) is 34.8 Å². The number of methoxy groups -OCH3 is 1. The van der Waals surface area contributed by atoms with E-state index in [1.165, 1.54) is 37.4 Å². The number of carbonyl (C=O) groups excluding carboxylic acids is 1. The zero-order valence-corrected chi connectivity index (χ0v) is 19.0. The van der Waals surface area contributed by atoms with Gasteiger partial charge < -0.3 is 15.2 Å². The Labute approximate surface area is 200 Å². The number of nitrogens with zero attached hydrogens (tertiary/aromatic N) is 2. The molecule has 1 atom stereocenters. The van der Waals surface area contributed by atoms with E-state index in [4.69, 9.17) is 4.74 Å². The number of aliphatic hydroxyl groups excluding tert-OH is 1. The van der Waals surface area contributed by atoms with Crippen LogP contribution in [0.4, 0.5) is 8.78 Å². The Bertz CT molecular complexity index is 1310. The first-order valence-electron chi connectivity index (χ1n) is 11.0. The second-order valence-electron chi connectivity index (χ2n) is 7.88. The van der Waals surface area contributed by atoms with Crippen LogP contribution in [0.2, 0.25) is 0 Å². The smallest absolute Gasteiger partial charge is 0.252 e. The van der Waals surface area contributed by atoms with Crippen molar-refractivity contribution >= 4 is 5.91 Å². The van der Waals surface area contributed by atoms with Gasteiger partial charge in [-0.15, -0.1) is 0 Å². The average Bonchev–Trinajstić information content (AvgIpc) is 3.34. The van der Waals surface area contributed by atoms with Crippen molar-refractivity contribution in [3.05, 3.63) is 89.8 Å². The molecule has 9 heteroatoms. The van der Waals surface area contributed by atoms with E-state index in [9.17, 15) is 18.7 Å². The van der Waals surface area contributed by atoms with Crippen LogP contribution in [0.1, 0.15) is 22.5 Å². The molecule has 0 saturated heterocycles. The van der Waals surface area contributed by atoms with Gasteiger partial charge in [0.25, 0.3) is 5.91 Å². The van der Waals surface area contributed by atoms with Crippen molar-refractivity contribution < 1.29 is 23.4 Å². The molecule has 0 unspecified atom stereocenters. The second kappa shape index (κ2) is 10.9. The Morgan fingerprint density at radius 2 is 1.94 bits per heavy atom. The maximum atomic E-state index is 14.9. The van der Waals surface area contributed by atoms with Crippen molar-refractivity contribution in [2.45, 2.75) is 18.9 Å². The van der Waals surface area contributed by atoms with Gasteiger partial charge in [0, 0.05) is 36.4 Å². The van der Waals surface area contributed by atoms with E-state index in [1.54, 1.807) is 36.5 Å². The largest absolute Gasteiger partial charge is 0.495 e. The number of halogens is 2. The molecule has 2 aromatic heterocycles. The lowest BCUT2D eigenvalue weighted by Gasteiger charge is -2.19. The minimum absolute atomic E-state index is 0.0593. The van der Waals surface area contributed by atoms with E-state index in [1.807, 2.05) is 0 Å². The summed E-state index contributed by atoms with van der Waals surface area (Å²) in [5, 5.41) is 19.4. The molecule has 0 aliphatic carbocycles. The van der Waals surface area contributed by atoms with Gasteiger partial charge in [-0.2, -0.15) is 5.10 Å². The first-order chi connectivity index (χ1) is 17.0. The van der Waals surface area contributed by atoms with Gasteiger partial charge in [-0.3, -0.25) is 14.9 Å². The highest BCUT2D eigenvalue weighted by Gasteiger charge is 2.22.